The van der Waals surface area contributed by atoms with Gasteiger partial charge in [0, 0.05) is 38.3 Å². The van der Waals surface area contributed by atoms with Crippen LogP contribution in [0.2, 0.25) is 0 Å². The molecule has 2 heterocycles. The molecule has 8 aromatic carbocycles. The Morgan fingerprint density at radius 2 is 0.950 bits per heavy atom. The predicted octanol–water partition coefficient (Wildman–Crippen LogP) is 14.9. The summed E-state index contributed by atoms with van der Waals surface area (Å²) in [5.41, 5.74) is 18.6. The molecule has 0 atom stereocenters. The van der Waals surface area contributed by atoms with Gasteiger partial charge < -0.3 is 9.13 Å². The van der Waals surface area contributed by atoms with Crippen molar-refractivity contribution in [1.29, 1.82) is 0 Å². The zero-order valence-electron chi connectivity index (χ0n) is 33.6. The number of hydrogen-bond acceptors (Lipinski definition) is 0. The Balaban J connectivity index is 0.960. The standard InChI is InChI=1S/C58H44N2/c1-2-12-38(13-3-1)39-14-10-15-43(33-39)60-53-21-8-5-17-47(53)48-26-24-40(34-56(48)60)45-19-11-23-55-57(45)49-18-6-9-22-54(49)59(55)44-25-27-52-50(35-44)46-16-4-7-20-51(46)58(52)41-29-36-28-37(31-41)32-42(58)30-36/h1-27,33-37,41-42H,28-32H2. The normalized spacial score (nSPS) is 22.4. The van der Waals surface area contributed by atoms with Gasteiger partial charge in [0.15, 0.2) is 0 Å². The van der Waals surface area contributed by atoms with Crippen molar-refractivity contribution in [2.45, 2.75) is 37.5 Å². The highest BCUT2D eigenvalue weighted by Gasteiger charge is 2.61. The largest absolute Gasteiger partial charge is 0.309 e. The minimum Gasteiger partial charge on any atom is -0.309 e. The number of nitrogens with zero attached hydrogens (tertiary/aromatic N) is 2. The maximum absolute atomic E-state index is 2.57. The van der Waals surface area contributed by atoms with Crippen LogP contribution in [0.25, 0.3) is 88.4 Å². The smallest absolute Gasteiger partial charge is 0.0547 e. The van der Waals surface area contributed by atoms with E-state index in [0.717, 1.165) is 23.7 Å². The molecule has 0 N–H and O–H groups in total. The first-order chi connectivity index (χ1) is 29.7. The Hall–Kier alpha value is -6.64. The highest BCUT2D eigenvalue weighted by atomic mass is 15.0. The van der Waals surface area contributed by atoms with Crippen molar-refractivity contribution in [3.63, 3.8) is 0 Å². The Bertz CT molecular complexity index is 3370. The van der Waals surface area contributed by atoms with Crippen LogP contribution >= 0.6 is 0 Å². The van der Waals surface area contributed by atoms with Crippen molar-refractivity contribution in [2.75, 3.05) is 0 Å². The molecule has 4 bridgehead atoms. The number of para-hydroxylation sites is 2. The van der Waals surface area contributed by atoms with Gasteiger partial charge in [-0.1, -0.05) is 133 Å². The summed E-state index contributed by atoms with van der Waals surface area (Å²) < 4.78 is 5.01. The second kappa shape index (κ2) is 12.2. The van der Waals surface area contributed by atoms with Crippen molar-refractivity contribution < 1.29 is 0 Å². The maximum Gasteiger partial charge on any atom is 0.0547 e. The van der Waals surface area contributed by atoms with Crippen LogP contribution in [0.4, 0.5) is 0 Å². The van der Waals surface area contributed by atoms with Gasteiger partial charge in [-0.2, -0.15) is 0 Å². The molecule has 0 saturated heterocycles. The highest BCUT2D eigenvalue weighted by Crippen LogP contribution is 2.69. The van der Waals surface area contributed by atoms with E-state index in [1.807, 2.05) is 0 Å². The van der Waals surface area contributed by atoms with Gasteiger partial charge in [-0.05, 0) is 149 Å². The summed E-state index contributed by atoms with van der Waals surface area (Å²) in [6.07, 6.45) is 7.11. The zero-order valence-corrected chi connectivity index (χ0v) is 33.6. The third-order valence-corrected chi connectivity index (χ3v) is 15.7. The van der Waals surface area contributed by atoms with Gasteiger partial charge >= 0.3 is 0 Å². The third-order valence-electron chi connectivity index (χ3n) is 15.7. The Labute approximate surface area is 350 Å². The molecule has 1 spiro atoms. The second-order valence-corrected chi connectivity index (χ2v) is 18.5. The first kappa shape index (κ1) is 33.2. The molecule has 5 aliphatic rings. The summed E-state index contributed by atoms with van der Waals surface area (Å²) in [7, 11) is 0. The van der Waals surface area contributed by atoms with Crippen LogP contribution < -0.4 is 0 Å². The molecule has 4 fully saturated rings. The summed E-state index contributed by atoms with van der Waals surface area (Å²) in [5, 5.41) is 5.13. The van der Waals surface area contributed by atoms with Gasteiger partial charge in [-0.3, -0.25) is 0 Å². The Morgan fingerprint density at radius 3 is 1.78 bits per heavy atom. The summed E-state index contributed by atoms with van der Waals surface area (Å²) in [6.45, 7) is 0. The molecule has 15 rings (SSSR count). The lowest BCUT2D eigenvalue weighted by atomic mass is 9.43. The lowest BCUT2D eigenvalue weighted by Gasteiger charge is -2.61. The number of hydrogen-bond donors (Lipinski definition) is 0. The van der Waals surface area contributed by atoms with Gasteiger partial charge in [0.1, 0.15) is 0 Å². The van der Waals surface area contributed by atoms with Gasteiger partial charge in [0.25, 0.3) is 0 Å². The fraction of sp³-hybridized carbons (Fsp3) is 0.172. The van der Waals surface area contributed by atoms with Crippen LogP contribution in [0.3, 0.4) is 0 Å². The SMILES string of the molecule is c1ccc(-c2cccc(-n3c4ccccc4c4ccc(-c5cccc6c5c5ccccc5n6-c5ccc6c(c5)-c5ccccc5C65C6CC7CC(C6)CC5C7)cc43)c2)cc1. The van der Waals surface area contributed by atoms with Crippen LogP contribution in [0.15, 0.2) is 182 Å². The molecule has 0 amide bonds. The van der Waals surface area contributed by atoms with E-state index in [0.29, 0.717) is 0 Å². The van der Waals surface area contributed by atoms with Gasteiger partial charge in [0.05, 0.1) is 22.1 Å². The van der Waals surface area contributed by atoms with Crippen LogP contribution in [0.5, 0.6) is 0 Å². The lowest BCUT2D eigenvalue weighted by molar-refractivity contribution is -0.0399. The molecule has 5 aliphatic carbocycles. The van der Waals surface area contributed by atoms with Crippen molar-refractivity contribution in [3.05, 3.63) is 193 Å². The molecule has 2 nitrogen and oxygen atoms in total. The first-order valence-corrected chi connectivity index (χ1v) is 22.2. The third kappa shape index (κ3) is 4.38. The summed E-state index contributed by atoms with van der Waals surface area (Å²) >= 11 is 0. The van der Waals surface area contributed by atoms with Gasteiger partial charge in [0.2, 0.25) is 0 Å². The molecule has 0 aliphatic heterocycles. The van der Waals surface area contributed by atoms with Crippen molar-refractivity contribution in [1.82, 2.24) is 9.13 Å². The molecule has 60 heavy (non-hydrogen) atoms. The molecular formula is C58H44N2. The van der Waals surface area contributed by atoms with Crippen LogP contribution in [0.1, 0.15) is 43.2 Å². The van der Waals surface area contributed by atoms with Crippen LogP contribution in [0, 0.1) is 23.7 Å². The van der Waals surface area contributed by atoms with Crippen LogP contribution in [-0.2, 0) is 5.41 Å². The number of benzene rings is 8. The topological polar surface area (TPSA) is 9.86 Å². The summed E-state index contributed by atoms with van der Waals surface area (Å²) in [5.74, 6) is 3.41. The average Bonchev–Trinajstić information content (AvgIpc) is 3.92. The summed E-state index contributed by atoms with van der Waals surface area (Å²) in [4.78, 5) is 0. The van der Waals surface area contributed by atoms with E-state index in [4.69, 9.17) is 0 Å². The van der Waals surface area contributed by atoms with E-state index in [-0.39, 0.29) is 5.41 Å². The minimum absolute atomic E-state index is 0.176. The quantitative estimate of drug-likeness (QED) is 0.169. The minimum atomic E-state index is 0.176. The van der Waals surface area contributed by atoms with Gasteiger partial charge in [-0.15, -0.1) is 0 Å². The molecule has 0 unspecified atom stereocenters. The van der Waals surface area contributed by atoms with Crippen LogP contribution in [-0.4, -0.2) is 9.13 Å². The monoisotopic (exact) mass is 768 g/mol. The highest BCUT2D eigenvalue weighted by molar-refractivity contribution is 6.17. The van der Waals surface area contributed by atoms with Crippen molar-refractivity contribution in [3.8, 4) is 44.8 Å². The molecule has 2 aromatic heterocycles. The number of fused-ring (bicyclic) bond motifs is 9. The number of rotatable bonds is 4. The van der Waals surface area contributed by atoms with E-state index in [1.165, 1.54) is 120 Å². The van der Waals surface area contributed by atoms with Crippen molar-refractivity contribution >= 4 is 43.6 Å². The Kier molecular flexibility index (Phi) is 6.76. The maximum atomic E-state index is 2.57. The molecule has 2 heteroatoms. The molecule has 0 radical (unpaired) electrons. The summed E-state index contributed by atoms with van der Waals surface area (Å²) in [6, 6.07) is 68.8. The second-order valence-electron chi connectivity index (χ2n) is 18.5. The molecule has 4 saturated carbocycles. The molecule has 10 aromatic rings. The van der Waals surface area contributed by atoms with E-state index >= 15 is 0 Å². The molecular weight excluding hydrogens is 725 g/mol. The zero-order chi connectivity index (χ0) is 39.1. The van der Waals surface area contributed by atoms with E-state index < -0.39 is 0 Å². The number of aromatic nitrogens is 2. The fourth-order valence-electron chi connectivity index (χ4n) is 13.7. The van der Waals surface area contributed by atoms with E-state index in [1.54, 1.807) is 11.1 Å². The first-order valence-electron chi connectivity index (χ1n) is 22.2. The van der Waals surface area contributed by atoms with E-state index in [2.05, 4.69) is 191 Å². The lowest BCUT2D eigenvalue weighted by Crippen LogP contribution is -2.55. The molecule has 286 valence electrons. The Morgan fingerprint density at radius 1 is 0.350 bits per heavy atom. The fourth-order valence-corrected chi connectivity index (χ4v) is 13.7. The predicted molar refractivity (Wildman–Crippen MR) is 249 cm³/mol. The van der Waals surface area contributed by atoms with E-state index in [9.17, 15) is 0 Å². The van der Waals surface area contributed by atoms with Crippen molar-refractivity contribution in [2.24, 2.45) is 23.7 Å². The average molecular weight is 769 g/mol. The van der Waals surface area contributed by atoms with Gasteiger partial charge in [-0.25, -0.2) is 0 Å².